The van der Waals surface area contributed by atoms with Crippen molar-refractivity contribution in [2.24, 2.45) is 0 Å². The Balaban J connectivity index is 1.47. The summed E-state index contributed by atoms with van der Waals surface area (Å²) in [5.74, 6) is 1.81. The summed E-state index contributed by atoms with van der Waals surface area (Å²) in [5, 5.41) is 6.45. The summed E-state index contributed by atoms with van der Waals surface area (Å²) in [6.45, 7) is 10.2. The van der Waals surface area contributed by atoms with Crippen LogP contribution < -0.4 is 4.74 Å². The first-order chi connectivity index (χ1) is 16.3. The van der Waals surface area contributed by atoms with E-state index in [1.807, 2.05) is 80.9 Å². The molecule has 3 heterocycles. The van der Waals surface area contributed by atoms with E-state index in [2.05, 4.69) is 11.9 Å². The zero-order chi connectivity index (χ0) is 24.0. The van der Waals surface area contributed by atoms with Gasteiger partial charge in [0.05, 0.1) is 11.4 Å². The lowest BCUT2D eigenvalue weighted by Crippen LogP contribution is -2.03. The number of benzene rings is 2. The van der Waals surface area contributed by atoms with E-state index in [1.54, 1.807) is 0 Å². The van der Waals surface area contributed by atoms with Crippen LogP contribution in [0.25, 0.3) is 28.2 Å². The lowest BCUT2D eigenvalue weighted by atomic mass is 10.1. The predicted octanol–water partition coefficient (Wildman–Crippen LogP) is 6.85. The third kappa shape index (κ3) is 3.94. The topological polar surface area (TPSA) is 66.0 Å². The number of halogens is 1. The Hall–Kier alpha value is -3.64. The second kappa shape index (κ2) is 8.61. The molecule has 0 fully saturated rings. The Kier molecular flexibility index (Phi) is 5.62. The van der Waals surface area contributed by atoms with Gasteiger partial charge in [-0.3, -0.25) is 0 Å². The molecule has 0 saturated carbocycles. The molecule has 3 aromatic heterocycles. The molecule has 7 heteroatoms. The SMILES string of the molecule is Cc1ccc(-c2nc(COc3cc(C)c4c(C)nn(-c5cccc(Cl)c5C)c4n3)c(C)o2)cc1. The Labute approximate surface area is 203 Å². The fraction of sp³-hybridized carbons (Fsp3) is 0.222. The van der Waals surface area contributed by atoms with Gasteiger partial charge < -0.3 is 9.15 Å². The monoisotopic (exact) mass is 472 g/mol. The number of hydrogen-bond acceptors (Lipinski definition) is 5. The third-order valence-electron chi connectivity index (χ3n) is 6.00. The number of aromatic nitrogens is 4. The van der Waals surface area contributed by atoms with Crippen molar-refractivity contribution in [3.63, 3.8) is 0 Å². The van der Waals surface area contributed by atoms with Crippen LogP contribution in [0.2, 0.25) is 5.02 Å². The van der Waals surface area contributed by atoms with E-state index in [0.717, 1.165) is 50.6 Å². The summed E-state index contributed by atoms with van der Waals surface area (Å²) in [6.07, 6.45) is 0. The Morgan fingerprint density at radius 1 is 0.971 bits per heavy atom. The third-order valence-corrected chi connectivity index (χ3v) is 6.41. The predicted molar refractivity (Wildman–Crippen MR) is 134 cm³/mol. The summed E-state index contributed by atoms with van der Waals surface area (Å²) in [6, 6.07) is 15.8. The average molecular weight is 473 g/mol. The van der Waals surface area contributed by atoms with Crippen LogP contribution in [0.5, 0.6) is 5.88 Å². The van der Waals surface area contributed by atoms with Crippen LogP contribution >= 0.6 is 11.6 Å². The van der Waals surface area contributed by atoms with E-state index < -0.39 is 0 Å². The van der Waals surface area contributed by atoms with Crippen molar-refractivity contribution < 1.29 is 9.15 Å². The quantitative estimate of drug-likeness (QED) is 0.280. The van der Waals surface area contributed by atoms with Gasteiger partial charge in [-0.05, 0) is 70.0 Å². The number of fused-ring (bicyclic) bond motifs is 1. The maximum atomic E-state index is 6.37. The molecule has 0 radical (unpaired) electrons. The summed E-state index contributed by atoms with van der Waals surface area (Å²) in [4.78, 5) is 9.45. The van der Waals surface area contributed by atoms with Crippen molar-refractivity contribution in [2.45, 2.75) is 41.2 Å². The van der Waals surface area contributed by atoms with Gasteiger partial charge in [0, 0.05) is 22.0 Å². The smallest absolute Gasteiger partial charge is 0.226 e. The van der Waals surface area contributed by atoms with Gasteiger partial charge in [-0.2, -0.15) is 10.1 Å². The Morgan fingerprint density at radius 3 is 2.50 bits per heavy atom. The van der Waals surface area contributed by atoms with Gasteiger partial charge in [-0.1, -0.05) is 35.4 Å². The zero-order valence-corrected chi connectivity index (χ0v) is 20.6. The first kappa shape index (κ1) is 22.2. The molecule has 34 heavy (non-hydrogen) atoms. The molecule has 0 bridgehead atoms. The molecular weight excluding hydrogens is 448 g/mol. The first-order valence-electron chi connectivity index (χ1n) is 11.1. The molecule has 0 atom stereocenters. The van der Waals surface area contributed by atoms with Crippen LogP contribution in [0.1, 0.15) is 33.8 Å². The molecule has 0 aliphatic carbocycles. The zero-order valence-electron chi connectivity index (χ0n) is 19.8. The van der Waals surface area contributed by atoms with Crippen molar-refractivity contribution in [3.8, 4) is 23.0 Å². The minimum absolute atomic E-state index is 0.252. The number of nitrogens with zero attached hydrogens (tertiary/aromatic N) is 4. The van der Waals surface area contributed by atoms with Gasteiger partial charge in [-0.15, -0.1) is 0 Å². The van der Waals surface area contributed by atoms with E-state index in [-0.39, 0.29) is 6.61 Å². The number of oxazole rings is 1. The standard InChI is InChI=1S/C27H25ClN4O2/c1-15-9-11-20(12-10-15)27-29-22(19(5)34-27)14-33-24-13-16(2)25-18(4)31-32(26(25)30-24)23-8-6-7-21(28)17(23)3/h6-13H,14H2,1-5H3. The van der Waals surface area contributed by atoms with Gasteiger partial charge in [0.1, 0.15) is 18.1 Å². The summed E-state index contributed by atoms with van der Waals surface area (Å²) >= 11 is 6.37. The van der Waals surface area contributed by atoms with Crippen LogP contribution in [-0.4, -0.2) is 19.7 Å². The molecule has 0 N–H and O–H groups in total. The van der Waals surface area contributed by atoms with Gasteiger partial charge >= 0.3 is 0 Å². The second-order valence-corrected chi connectivity index (χ2v) is 8.94. The molecule has 5 aromatic rings. The molecule has 2 aromatic carbocycles. The van der Waals surface area contributed by atoms with Gasteiger partial charge in [0.2, 0.25) is 11.8 Å². The molecule has 0 aliphatic rings. The van der Waals surface area contributed by atoms with Crippen LogP contribution in [0, 0.1) is 34.6 Å². The van der Waals surface area contributed by atoms with E-state index in [9.17, 15) is 0 Å². The van der Waals surface area contributed by atoms with Crippen molar-refractivity contribution in [1.82, 2.24) is 19.7 Å². The van der Waals surface area contributed by atoms with Crippen molar-refractivity contribution >= 4 is 22.6 Å². The van der Waals surface area contributed by atoms with E-state index in [0.29, 0.717) is 16.8 Å². The highest BCUT2D eigenvalue weighted by Crippen LogP contribution is 2.30. The molecule has 5 rings (SSSR count). The normalized spacial score (nSPS) is 11.4. The lowest BCUT2D eigenvalue weighted by molar-refractivity contribution is 0.288. The highest BCUT2D eigenvalue weighted by molar-refractivity contribution is 6.31. The van der Waals surface area contributed by atoms with Gasteiger partial charge in [0.25, 0.3) is 0 Å². The number of ether oxygens (including phenoxy) is 1. The lowest BCUT2D eigenvalue weighted by Gasteiger charge is -2.10. The minimum Gasteiger partial charge on any atom is -0.471 e. The Morgan fingerprint density at radius 2 is 1.74 bits per heavy atom. The average Bonchev–Trinajstić information content (AvgIpc) is 3.34. The molecule has 0 amide bonds. The van der Waals surface area contributed by atoms with Crippen LogP contribution in [0.3, 0.4) is 0 Å². The van der Waals surface area contributed by atoms with Gasteiger partial charge in [0.15, 0.2) is 5.65 Å². The van der Waals surface area contributed by atoms with Crippen molar-refractivity contribution in [3.05, 3.63) is 87.4 Å². The maximum Gasteiger partial charge on any atom is 0.226 e. The van der Waals surface area contributed by atoms with Gasteiger partial charge in [-0.25, -0.2) is 9.67 Å². The molecule has 172 valence electrons. The maximum absolute atomic E-state index is 6.37. The van der Waals surface area contributed by atoms with Crippen molar-refractivity contribution in [2.75, 3.05) is 0 Å². The summed E-state index contributed by atoms with van der Waals surface area (Å²) in [5.41, 5.74) is 7.38. The minimum atomic E-state index is 0.252. The Bertz CT molecular complexity index is 1520. The largest absolute Gasteiger partial charge is 0.471 e. The molecule has 0 aliphatic heterocycles. The number of rotatable bonds is 5. The number of aryl methyl sites for hydroxylation is 4. The van der Waals surface area contributed by atoms with Crippen LogP contribution in [0.4, 0.5) is 0 Å². The molecular formula is C27H25ClN4O2. The summed E-state index contributed by atoms with van der Waals surface area (Å²) in [7, 11) is 0. The number of hydrogen-bond donors (Lipinski definition) is 0. The van der Waals surface area contributed by atoms with Crippen molar-refractivity contribution in [1.29, 1.82) is 0 Å². The molecule has 0 saturated heterocycles. The highest BCUT2D eigenvalue weighted by atomic mass is 35.5. The van der Waals surface area contributed by atoms with E-state index in [4.69, 9.17) is 30.8 Å². The fourth-order valence-corrected chi connectivity index (χ4v) is 4.23. The molecule has 6 nitrogen and oxygen atoms in total. The molecule has 0 unspecified atom stereocenters. The molecule has 0 spiro atoms. The number of pyridine rings is 1. The van der Waals surface area contributed by atoms with Crippen LogP contribution in [-0.2, 0) is 6.61 Å². The fourth-order valence-electron chi connectivity index (χ4n) is 4.07. The van der Waals surface area contributed by atoms with E-state index in [1.165, 1.54) is 5.56 Å². The second-order valence-electron chi connectivity index (χ2n) is 8.53. The first-order valence-corrected chi connectivity index (χ1v) is 11.5. The highest BCUT2D eigenvalue weighted by Gasteiger charge is 2.18. The van der Waals surface area contributed by atoms with E-state index >= 15 is 0 Å². The van der Waals surface area contributed by atoms with Crippen LogP contribution in [0.15, 0.2) is 52.9 Å². The summed E-state index contributed by atoms with van der Waals surface area (Å²) < 4.78 is 13.8.